The van der Waals surface area contributed by atoms with Gasteiger partial charge in [-0.3, -0.25) is 0 Å². The van der Waals surface area contributed by atoms with Gasteiger partial charge in [-0.1, -0.05) is 30.3 Å². The SMILES string of the molecule is CCOC(=O)c1c(N)sc2c(O)cc(Cc3ccccc3)cc12. The van der Waals surface area contributed by atoms with Crippen LogP contribution in [0, 0.1) is 0 Å². The van der Waals surface area contributed by atoms with Gasteiger partial charge in [0.1, 0.15) is 16.3 Å². The Morgan fingerprint density at radius 1 is 1.22 bits per heavy atom. The molecule has 0 bridgehead atoms. The molecule has 0 spiro atoms. The van der Waals surface area contributed by atoms with Crippen LogP contribution in [-0.2, 0) is 11.2 Å². The van der Waals surface area contributed by atoms with Gasteiger partial charge in [-0.25, -0.2) is 4.79 Å². The number of carbonyl (C=O) groups is 1. The molecule has 0 aliphatic rings. The van der Waals surface area contributed by atoms with Gasteiger partial charge in [-0.15, -0.1) is 11.3 Å². The number of nitrogen functional groups attached to an aromatic ring is 1. The summed E-state index contributed by atoms with van der Waals surface area (Å²) in [4.78, 5) is 12.1. The number of phenolic OH excluding ortho intramolecular Hbond substituents is 1. The van der Waals surface area contributed by atoms with Crippen LogP contribution in [0.1, 0.15) is 28.4 Å². The number of rotatable bonds is 4. The first kappa shape index (κ1) is 15.4. The molecule has 0 amide bonds. The summed E-state index contributed by atoms with van der Waals surface area (Å²) in [6, 6.07) is 13.6. The van der Waals surface area contributed by atoms with E-state index in [9.17, 15) is 9.90 Å². The van der Waals surface area contributed by atoms with Crippen molar-refractivity contribution < 1.29 is 14.6 Å². The molecule has 0 aliphatic heterocycles. The van der Waals surface area contributed by atoms with E-state index in [4.69, 9.17) is 10.5 Å². The second-order valence-electron chi connectivity index (χ2n) is 5.22. The average Bonchev–Trinajstić information content (AvgIpc) is 2.85. The summed E-state index contributed by atoms with van der Waals surface area (Å²) >= 11 is 1.20. The fourth-order valence-electron chi connectivity index (χ4n) is 2.61. The van der Waals surface area contributed by atoms with Gasteiger partial charge in [0.15, 0.2) is 0 Å². The van der Waals surface area contributed by atoms with Gasteiger partial charge >= 0.3 is 5.97 Å². The molecule has 2 aromatic carbocycles. The van der Waals surface area contributed by atoms with Crippen LogP contribution in [0.4, 0.5) is 5.00 Å². The highest BCUT2D eigenvalue weighted by Gasteiger charge is 2.21. The number of anilines is 1. The molecule has 1 heterocycles. The van der Waals surface area contributed by atoms with Crippen LogP contribution >= 0.6 is 11.3 Å². The molecular formula is C18H17NO3S. The number of esters is 1. The second kappa shape index (κ2) is 6.30. The zero-order valence-corrected chi connectivity index (χ0v) is 13.5. The lowest BCUT2D eigenvalue weighted by atomic mass is 10.0. The number of ether oxygens (including phenoxy) is 1. The Balaban J connectivity index is 2.08. The van der Waals surface area contributed by atoms with Crippen LogP contribution in [0.3, 0.4) is 0 Å². The van der Waals surface area contributed by atoms with Crippen molar-refractivity contribution in [3.05, 3.63) is 59.2 Å². The molecular weight excluding hydrogens is 310 g/mol. The third-order valence-corrected chi connectivity index (χ3v) is 4.64. The lowest BCUT2D eigenvalue weighted by Crippen LogP contribution is -2.06. The summed E-state index contributed by atoms with van der Waals surface area (Å²) in [5.41, 5.74) is 8.36. The predicted molar refractivity (Wildman–Crippen MR) is 93.1 cm³/mol. The number of hydrogen-bond donors (Lipinski definition) is 2. The summed E-state index contributed by atoms with van der Waals surface area (Å²) in [5, 5.41) is 11.3. The zero-order chi connectivity index (χ0) is 16.4. The number of thiophene rings is 1. The number of phenols is 1. The monoisotopic (exact) mass is 327 g/mol. The molecule has 118 valence electrons. The highest BCUT2D eigenvalue weighted by atomic mass is 32.1. The van der Waals surface area contributed by atoms with Crippen molar-refractivity contribution in [2.75, 3.05) is 12.3 Å². The molecule has 0 saturated carbocycles. The van der Waals surface area contributed by atoms with Gasteiger partial charge in [0, 0.05) is 5.39 Å². The molecule has 4 nitrogen and oxygen atoms in total. The molecule has 1 aromatic heterocycles. The predicted octanol–water partition coefficient (Wildman–Crippen LogP) is 3.96. The highest BCUT2D eigenvalue weighted by molar-refractivity contribution is 7.23. The number of hydrogen-bond acceptors (Lipinski definition) is 5. The normalized spacial score (nSPS) is 10.8. The van der Waals surface area contributed by atoms with E-state index in [-0.39, 0.29) is 12.4 Å². The standard InChI is InChI=1S/C18H17NO3S/c1-2-22-18(21)15-13-9-12(8-11-6-4-3-5-7-11)10-14(20)16(13)23-17(15)19/h3-7,9-10,20H,2,8,19H2,1H3. The molecule has 3 aromatic rings. The van der Waals surface area contributed by atoms with E-state index in [0.29, 0.717) is 27.1 Å². The molecule has 0 saturated heterocycles. The van der Waals surface area contributed by atoms with E-state index in [2.05, 4.69) is 0 Å². The van der Waals surface area contributed by atoms with Crippen LogP contribution in [0.2, 0.25) is 0 Å². The van der Waals surface area contributed by atoms with Crippen LogP contribution in [0.25, 0.3) is 10.1 Å². The number of carbonyl (C=O) groups excluding carboxylic acids is 1. The van der Waals surface area contributed by atoms with E-state index in [1.54, 1.807) is 13.0 Å². The fraction of sp³-hybridized carbons (Fsp3) is 0.167. The largest absolute Gasteiger partial charge is 0.506 e. The molecule has 0 radical (unpaired) electrons. The van der Waals surface area contributed by atoms with Crippen molar-refractivity contribution in [3.8, 4) is 5.75 Å². The highest BCUT2D eigenvalue weighted by Crippen LogP contribution is 2.40. The fourth-order valence-corrected chi connectivity index (χ4v) is 3.56. The Labute approximate surface area is 138 Å². The van der Waals surface area contributed by atoms with Crippen LogP contribution in [0.5, 0.6) is 5.75 Å². The maximum absolute atomic E-state index is 12.1. The number of nitrogens with two attached hydrogens (primary N) is 1. The Morgan fingerprint density at radius 3 is 2.65 bits per heavy atom. The Morgan fingerprint density at radius 2 is 1.96 bits per heavy atom. The zero-order valence-electron chi connectivity index (χ0n) is 12.7. The van der Waals surface area contributed by atoms with Gasteiger partial charge in [0.25, 0.3) is 0 Å². The van der Waals surface area contributed by atoms with Crippen LogP contribution in [-0.4, -0.2) is 17.7 Å². The van der Waals surface area contributed by atoms with Crippen molar-refractivity contribution in [2.24, 2.45) is 0 Å². The Hall–Kier alpha value is -2.53. The van der Waals surface area contributed by atoms with E-state index in [1.807, 2.05) is 36.4 Å². The minimum Gasteiger partial charge on any atom is -0.506 e. The van der Waals surface area contributed by atoms with Crippen molar-refractivity contribution in [3.63, 3.8) is 0 Å². The maximum Gasteiger partial charge on any atom is 0.341 e. The van der Waals surface area contributed by atoms with Crippen molar-refractivity contribution >= 4 is 32.4 Å². The minimum absolute atomic E-state index is 0.140. The van der Waals surface area contributed by atoms with Crippen LogP contribution < -0.4 is 5.73 Å². The minimum atomic E-state index is -0.451. The van der Waals surface area contributed by atoms with Crippen LogP contribution in [0.15, 0.2) is 42.5 Å². The van der Waals surface area contributed by atoms with Gasteiger partial charge in [-0.05, 0) is 36.6 Å². The van der Waals surface area contributed by atoms with E-state index >= 15 is 0 Å². The second-order valence-corrected chi connectivity index (χ2v) is 6.27. The summed E-state index contributed by atoms with van der Waals surface area (Å²) in [5.74, 6) is -0.312. The van der Waals surface area contributed by atoms with Crippen molar-refractivity contribution in [1.82, 2.24) is 0 Å². The first-order valence-electron chi connectivity index (χ1n) is 7.35. The maximum atomic E-state index is 12.1. The number of fused-ring (bicyclic) bond motifs is 1. The van der Waals surface area contributed by atoms with Gasteiger partial charge in [-0.2, -0.15) is 0 Å². The summed E-state index contributed by atoms with van der Waals surface area (Å²) in [6.45, 7) is 2.03. The molecule has 5 heteroatoms. The van der Waals surface area contributed by atoms with Gasteiger partial charge in [0.2, 0.25) is 0 Å². The van der Waals surface area contributed by atoms with E-state index < -0.39 is 5.97 Å². The third-order valence-electron chi connectivity index (χ3n) is 3.59. The summed E-state index contributed by atoms with van der Waals surface area (Å²) in [6.07, 6.45) is 0.669. The number of benzene rings is 2. The first-order valence-corrected chi connectivity index (χ1v) is 8.16. The van der Waals surface area contributed by atoms with Crippen molar-refractivity contribution in [2.45, 2.75) is 13.3 Å². The number of aromatic hydroxyl groups is 1. The smallest absolute Gasteiger partial charge is 0.341 e. The lowest BCUT2D eigenvalue weighted by Gasteiger charge is -2.06. The first-order chi connectivity index (χ1) is 11.1. The molecule has 3 rings (SSSR count). The average molecular weight is 327 g/mol. The topological polar surface area (TPSA) is 72.5 Å². The quantitative estimate of drug-likeness (QED) is 0.712. The molecule has 0 atom stereocenters. The summed E-state index contributed by atoms with van der Waals surface area (Å²) in [7, 11) is 0. The molecule has 0 fully saturated rings. The third kappa shape index (κ3) is 3.00. The molecule has 3 N–H and O–H groups in total. The molecule has 23 heavy (non-hydrogen) atoms. The van der Waals surface area contributed by atoms with Gasteiger partial charge in [0.05, 0.1) is 11.3 Å². The van der Waals surface area contributed by atoms with E-state index in [1.165, 1.54) is 11.3 Å². The Bertz CT molecular complexity index is 856. The summed E-state index contributed by atoms with van der Waals surface area (Å²) < 4.78 is 5.69. The van der Waals surface area contributed by atoms with Crippen molar-refractivity contribution in [1.29, 1.82) is 0 Å². The molecule has 0 aliphatic carbocycles. The lowest BCUT2D eigenvalue weighted by molar-refractivity contribution is 0.0530. The Kier molecular flexibility index (Phi) is 4.21. The van der Waals surface area contributed by atoms with Gasteiger partial charge < -0.3 is 15.6 Å². The molecule has 0 unspecified atom stereocenters. The van der Waals surface area contributed by atoms with E-state index in [0.717, 1.165) is 11.1 Å².